The first-order chi connectivity index (χ1) is 12.7. The highest BCUT2D eigenvalue weighted by Crippen LogP contribution is 2.36. The number of hydrogen-bond donors (Lipinski definition) is 1. The number of carbonyl (C=O) groups is 1. The molecule has 0 spiro atoms. The molecule has 0 saturated carbocycles. The van der Waals surface area contributed by atoms with Crippen LogP contribution in [0.4, 0.5) is 18.9 Å². The van der Waals surface area contributed by atoms with Gasteiger partial charge in [0.15, 0.2) is 5.16 Å². The Morgan fingerprint density at radius 1 is 1.37 bits per heavy atom. The number of aryl methyl sites for hydroxylation is 1. The summed E-state index contributed by atoms with van der Waals surface area (Å²) in [6.45, 7) is 3.63. The van der Waals surface area contributed by atoms with Crippen LogP contribution in [0, 0.1) is 6.92 Å². The standard InChI is InChI=1S/C18H18F3N3O2S/c1-3-12-10(2)22-17-24(16(12)26)11(9-27-17)8-15(25)23-14-7-5-4-6-13(14)18(19,20)21/h4-7,11H,3,8-9H2,1-2H3,(H,23,25). The molecule has 9 heteroatoms. The predicted octanol–water partition coefficient (Wildman–Crippen LogP) is 3.81. The lowest BCUT2D eigenvalue weighted by Gasteiger charge is -2.17. The van der Waals surface area contributed by atoms with Crippen LogP contribution < -0.4 is 10.9 Å². The number of fused-ring (bicyclic) bond motifs is 1. The number of aromatic nitrogens is 2. The van der Waals surface area contributed by atoms with Crippen LogP contribution in [0.5, 0.6) is 0 Å². The molecule has 5 nitrogen and oxygen atoms in total. The van der Waals surface area contributed by atoms with Crippen LogP contribution in [0.15, 0.2) is 34.2 Å². The first-order valence-corrected chi connectivity index (χ1v) is 9.41. The summed E-state index contributed by atoms with van der Waals surface area (Å²) >= 11 is 1.37. The third-order valence-electron chi connectivity index (χ3n) is 4.43. The number of benzene rings is 1. The second kappa shape index (κ2) is 7.38. The average molecular weight is 397 g/mol. The quantitative estimate of drug-likeness (QED) is 0.797. The summed E-state index contributed by atoms with van der Waals surface area (Å²) in [5.74, 6) is -0.0981. The first-order valence-electron chi connectivity index (χ1n) is 8.43. The highest BCUT2D eigenvalue weighted by Gasteiger charge is 2.34. The Hall–Kier alpha value is -2.29. The molecule has 0 bridgehead atoms. The molecular formula is C18H18F3N3O2S. The molecule has 1 atom stereocenters. The molecule has 0 fully saturated rings. The Bertz CT molecular complexity index is 940. The van der Waals surface area contributed by atoms with Gasteiger partial charge in [-0.05, 0) is 25.5 Å². The largest absolute Gasteiger partial charge is 0.418 e. The maximum atomic E-state index is 13.1. The summed E-state index contributed by atoms with van der Waals surface area (Å²) in [5.41, 5.74) is -0.107. The van der Waals surface area contributed by atoms with Crippen LogP contribution >= 0.6 is 11.8 Å². The highest BCUT2D eigenvalue weighted by molar-refractivity contribution is 7.99. The Morgan fingerprint density at radius 2 is 2.07 bits per heavy atom. The topological polar surface area (TPSA) is 64.0 Å². The fourth-order valence-electron chi connectivity index (χ4n) is 3.13. The number of amides is 1. The zero-order chi connectivity index (χ0) is 19.8. The van der Waals surface area contributed by atoms with Crippen molar-refractivity contribution in [2.45, 2.75) is 44.1 Å². The molecule has 1 amide bonds. The average Bonchev–Trinajstić information content (AvgIpc) is 2.97. The second-order valence-electron chi connectivity index (χ2n) is 6.25. The maximum absolute atomic E-state index is 13.1. The van der Waals surface area contributed by atoms with Gasteiger partial charge in [0, 0.05) is 23.4 Å². The van der Waals surface area contributed by atoms with Gasteiger partial charge in [-0.3, -0.25) is 14.2 Å². The zero-order valence-corrected chi connectivity index (χ0v) is 15.6. The van der Waals surface area contributed by atoms with Crippen molar-refractivity contribution in [3.8, 4) is 0 Å². The van der Waals surface area contributed by atoms with Crippen molar-refractivity contribution in [2.24, 2.45) is 0 Å². The summed E-state index contributed by atoms with van der Waals surface area (Å²) in [7, 11) is 0. The van der Waals surface area contributed by atoms with E-state index >= 15 is 0 Å². The van der Waals surface area contributed by atoms with Crippen molar-refractivity contribution in [1.82, 2.24) is 9.55 Å². The second-order valence-corrected chi connectivity index (χ2v) is 7.23. The molecule has 1 aliphatic heterocycles. The molecular weight excluding hydrogens is 379 g/mol. The number of thioether (sulfide) groups is 1. The monoisotopic (exact) mass is 397 g/mol. The van der Waals surface area contributed by atoms with E-state index in [0.717, 1.165) is 6.07 Å². The minimum atomic E-state index is -4.56. The number of rotatable bonds is 4. The smallest absolute Gasteiger partial charge is 0.325 e. The maximum Gasteiger partial charge on any atom is 0.418 e. The summed E-state index contributed by atoms with van der Waals surface area (Å²) in [6, 6.07) is 4.39. The number of hydrogen-bond acceptors (Lipinski definition) is 4. The Balaban J connectivity index is 1.82. The molecule has 1 aromatic heterocycles. The fraction of sp³-hybridized carbons (Fsp3) is 0.389. The van der Waals surface area contributed by atoms with Gasteiger partial charge in [-0.25, -0.2) is 4.98 Å². The van der Waals surface area contributed by atoms with Gasteiger partial charge in [0.05, 0.1) is 17.3 Å². The number of carbonyl (C=O) groups excluding carboxylic acids is 1. The summed E-state index contributed by atoms with van der Waals surface area (Å²) in [4.78, 5) is 29.5. The predicted molar refractivity (Wildman–Crippen MR) is 97.1 cm³/mol. The van der Waals surface area contributed by atoms with Gasteiger partial charge in [-0.1, -0.05) is 30.8 Å². The van der Waals surface area contributed by atoms with Crippen LogP contribution in [0.1, 0.15) is 36.2 Å². The summed E-state index contributed by atoms with van der Waals surface area (Å²) in [5, 5.41) is 2.87. The van der Waals surface area contributed by atoms with E-state index in [1.54, 1.807) is 6.92 Å². The fourth-order valence-corrected chi connectivity index (χ4v) is 4.31. The Morgan fingerprint density at radius 3 is 2.74 bits per heavy atom. The minimum Gasteiger partial charge on any atom is -0.325 e. The van der Waals surface area contributed by atoms with Gasteiger partial charge in [0.1, 0.15) is 0 Å². The van der Waals surface area contributed by atoms with Crippen molar-refractivity contribution in [2.75, 3.05) is 11.1 Å². The number of nitrogens with one attached hydrogen (secondary N) is 1. The number of para-hydroxylation sites is 1. The molecule has 3 rings (SSSR count). The van der Waals surface area contributed by atoms with Crippen molar-refractivity contribution < 1.29 is 18.0 Å². The van der Waals surface area contributed by atoms with Crippen LogP contribution in [0.2, 0.25) is 0 Å². The molecule has 144 valence electrons. The molecule has 1 unspecified atom stereocenters. The summed E-state index contributed by atoms with van der Waals surface area (Å²) in [6.07, 6.45) is -4.13. The summed E-state index contributed by atoms with van der Waals surface area (Å²) < 4.78 is 40.7. The van der Waals surface area contributed by atoms with E-state index < -0.39 is 23.7 Å². The number of anilines is 1. The number of alkyl halides is 3. The Labute approximate surface area is 158 Å². The van der Waals surface area contributed by atoms with Gasteiger partial charge in [-0.2, -0.15) is 13.2 Å². The van der Waals surface area contributed by atoms with E-state index in [0.29, 0.717) is 28.6 Å². The van der Waals surface area contributed by atoms with Gasteiger partial charge in [-0.15, -0.1) is 0 Å². The van der Waals surface area contributed by atoms with Crippen molar-refractivity contribution >= 4 is 23.4 Å². The number of halogens is 3. The van der Waals surface area contributed by atoms with Crippen molar-refractivity contribution in [1.29, 1.82) is 0 Å². The van der Waals surface area contributed by atoms with E-state index in [-0.39, 0.29) is 17.7 Å². The Kier molecular flexibility index (Phi) is 5.32. The zero-order valence-electron chi connectivity index (χ0n) is 14.8. The third-order valence-corrected chi connectivity index (χ3v) is 5.53. The highest BCUT2D eigenvalue weighted by atomic mass is 32.2. The van der Waals surface area contributed by atoms with Gasteiger partial charge in [0.2, 0.25) is 5.91 Å². The van der Waals surface area contributed by atoms with Crippen molar-refractivity contribution in [3.63, 3.8) is 0 Å². The van der Waals surface area contributed by atoms with Crippen LogP contribution in [0.25, 0.3) is 0 Å². The van der Waals surface area contributed by atoms with E-state index in [1.165, 1.54) is 34.5 Å². The van der Waals surface area contributed by atoms with Gasteiger partial charge in [0.25, 0.3) is 5.56 Å². The van der Waals surface area contributed by atoms with E-state index in [4.69, 9.17) is 0 Å². The molecule has 0 saturated heterocycles. The normalized spacial score (nSPS) is 16.3. The third kappa shape index (κ3) is 3.87. The number of nitrogens with zero attached hydrogens (tertiary/aromatic N) is 2. The lowest BCUT2D eigenvalue weighted by molar-refractivity contribution is -0.137. The lowest BCUT2D eigenvalue weighted by Crippen LogP contribution is -2.30. The van der Waals surface area contributed by atoms with E-state index in [2.05, 4.69) is 10.3 Å². The van der Waals surface area contributed by atoms with E-state index in [9.17, 15) is 22.8 Å². The lowest BCUT2D eigenvalue weighted by atomic mass is 10.1. The van der Waals surface area contributed by atoms with Crippen LogP contribution in [0.3, 0.4) is 0 Å². The minimum absolute atomic E-state index is 0.0972. The molecule has 0 radical (unpaired) electrons. The van der Waals surface area contributed by atoms with E-state index in [1.807, 2.05) is 6.92 Å². The van der Waals surface area contributed by atoms with Gasteiger partial charge >= 0.3 is 6.18 Å². The van der Waals surface area contributed by atoms with Crippen LogP contribution in [-0.2, 0) is 17.4 Å². The molecule has 1 aromatic carbocycles. The first kappa shape index (κ1) is 19.5. The molecule has 1 N–H and O–H groups in total. The van der Waals surface area contributed by atoms with Crippen molar-refractivity contribution in [3.05, 3.63) is 51.4 Å². The molecule has 0 aliphatic carbocycles. The molecule has 1 aliphatic rings. The SMILES string of the molecule is CCc1c(C)nc2n(c1=O)C(CC(=O)Nc1ccccc1C(F)(F)F)CS2. The van der Waals surface area contributed by atoms with Crippen LogP contribution in [-0.4, -0.2) is 21.2 Å². The molecule has 27 heavy (non-hydrogen) atoms. The molecule has 2 heterocycles. The molecule has 2 aromatic rings. The van der Waals surface area contributed by atoms with Gasteiger partial charge < -0.3 is 5.32 Å².